The third-order valence-corrected chi connectivity index (χ3v) is 2.72. The first-order valence-corrected chi connectivity index (χ1v) is 5.26. The molecule has 0 radical (unpaired) electrons. The third kappa shape index (κ3) is 3.16. The minimum Gasteiger partial charge on any atom is -0.399 e. The van der Waals surface area contributed by atoms with Crippen molar-refractivity contribution in [1.82, 2.24) is 4.90 Å². The minimum absolute atomic E-state index is 0.801. The van der Waals surface area contributed by atoms with Gasteiger partial charge in [-0.2, -0.15) is 0 Å². The summed E-state index contributed by atoms with van der Waals surface area (Å²) in [6.45, 7) is 5.45. The molecule has 0 aliphatic carbocycles. The lowest BCUT2D eigenvalue weighted by molar-refractivity contribution is 0.363. The molecule has 0 aromatic heterocycles. The van der Waals surface area contributed by atoms with Crippen molar-refractivity contribution in [3.8, 4) is 0 Å². The van der Waals surface area contributed by atoms with Crippen molar-refractivity contribution < 1.29 is 0 Å². The summed E-state index contributed by atoms with van der Waals surface area (Å²) in [6, 6.07) is 5.86. The molecule has 0 unspecified atom stereocenters. The number of anilines is 1. The van der Waals surface area contributed by atoms with Gasteiger partial charge in [-0.15, -0.1) is 6.58 Å². The zero-order valence-electron chi connectivity index (χ0n) is 8.33. The molecule has 0 aliphatic rings. The van der Waals surface area contributed by atoms with Gasteiger partial charge in [0.2, 0.25) is 0 Å². The number of nitrogen functional groups attached to an aromatic ring is 1. The molecule has 0 bridgehead atoms. The highest BCUT2D eigenvalue weighted by Crippen LogP contribution is 2.20. The molecule has 0 spiro atoms. The Bertz CT molecular complexity index is 323. The minimum atomic E-state index is 0.801. The summed E-state index contributed by atoms with van der Waals surface area (Å²) in [5, 5.41) is 0. The van der Waals surface area contributed by atoms with Crippen LogP contribution in [0.4, 0.5) is 5.69 Å². The van der Waals surface area contributed by atoms with E-state index >= 15 is 0 Å². The average Bonchev–Trinajstić information content (AvgIpc) is 2.12. The Morgan fingerprint density at radius 2 is 2.29 bits per heavy atom. The topological polar surface area (TPSA) is 29.3 Å². The molecule has 0 aliphatic heterocycles. The van der Waals surface area contributed by atoms with Crippen molar-refractivity contribution in [2.24, 2.45) is 0 Å². The monoisotopic (exact) mass is 254 g/mol. The molecule has 0 heterocycles. The molecule has 0 fully saturated rings. The molecule has 0 atom stereocenters. The van der Waals surface area contributed by atoms with E-state index in [1.165, 1.54) is 5.56 Å². The van der Waals surface area contributed by atoms with Gasteiger partial charge in [-0.1, -0.05) is 22.0 Å². The van der Waals surface area contributed by atoms with Crippen molar-refractivity contribution in [2.45, 2.75) is 6.54 Å². The first-order valence-electron chi connectivity index (χ1n) is 4.47. The maximum atomic E-state index is 5.72. The van der Waals surface area contributed by atoms with Crippen LogP contribution < -0.4 is 5.73 Å². The summed E-state index contributed by atoms with van der Waals surface area (Å²) in [4.78, 5) is 2.17. The highest BCUT2D eigenvalue weighted by atomic mass is 79.9. The molecule has 2 N–H and O–H groups in total. The largest absolute Gasteiger partial charge is 0.399 e. The van der Waals surface area contributed by atoms with E-state index in [1.54, 1.807) is 0 Å². The lowest BCUT2D eigenvalue weighted by Gasteiger charge is -2.15. The summed E-state index contributed by atoms with van der Waals surface area (Å²) >= 11 is 3.50. The van der Waals surface area contributed by atoms with Gasteiger partial charge in [0.25, 0.3) is 0 Å². The van der Waals surface area contributed by atoms with Gasteiger partial charge in [-0.3, -0.25) is 4.90 Å². The van der Waals surface area contributed by atoms with Crippen LogP contribution in [-0.2, 0) is 6.54 Å². The Balaban J connectivity index is 2.74. The van der Waals surface area contributed by atoms with Crippen LogP contribution in [0, 0.1) is 0 Å². The van der Waals surface area contributed by atoms with E-state index < -0.39 is 0 Å². The molecule has 1 aromatic carbocycles. The number of halogens is 1. The van der Waals surface area contributed by atoms with Crippen molar-refractivity contribution in [2.75, 3.05) is 19.3 Å². The number of nitrogens with zero attached hydrogens (tertiary/aromatic N) is 1. The molecule has 3 heteroatoms. The highest BCUT2D eigenvalue weighted by Gasteiger charge is 2.03. The average molecular weight is 255 g/mol. The fourth-order valence-electron chi connectivity index (χ4n) is 1.29. The predicted molar refractivity (Wildman–Crippen MR) is 65.1 cm³/mol. The molecule has 0 saturated carbocycles. The van der Waals surface area contributed by atoms with E-state index in [1.807, 2.05) is 24.3 Å². The Morgan fingerprint density at radius 1 is 1.57 bits per heavy atom. The zero-order chi connectivity index (χ0) is 10.6. The molecule has 2 nitrogen and oxygen atoms in total. The van der Waals surface area contributed by atoms with Crippen LogP contribution in [0.15, 0.2) is 35.3 Å². The van der Waals surface area contributed by atoms with E-state index in [4.69, 9.17) is 5.73 Å². The fourth-order valence-corrected chi connectivity index (χ4v) is 1.66. The van der Waals surface area contributed by atoms with Crippen LogP contribution in [0.2, 0.25) is 0 Å². The van der Waals surface area contributed by atoms with E-state index in [0.717, 1.165) is 23.2 Å². The Labute approximate surface area is 93.5 Å². The first kappa shape index (κ1) is 11.3. The highest BCUT2D eigenvalue weighted by molar-refractivity contribution is 9.10. The van der Waals surface area contributed by atoms with Gasteiger partial charge < -0.3 is 5.73 Å². The molecule has 0 amide bonds. The van der Waals surface area contributed by atoms with E-state index in [9.17, 15) is 0 Å². The maximum absolute atomic E-state index is 5.72. The lowest BCUT2D eigenvalue weighted by Crippen LogP contribution is -2.17. The van der Waals surface area contributed by atoms with Crippen LogP contribution in [0.25, 0.3) is 0 Å². The molecule has 0 saturated heterocycles. The van der Waals surface area contributed by atoms with Crippen LogP contribution in [0.3, 0.4) is 0 Å². The summed E-state index contributed by atoms with van der Waals surface area (Å²) in [6.07, 6.45) is 1.89. The molecular formula is C11H15BrN2. The van der Waals surface area contributed by atoms with Crippen LogP contribution in [0.5, 0.6) is 0 Å². The standard InChI is InChI=1S/C11H15BrN2/c1-3-6-14(2)8-9-7-10(13)4-5-11(9)12/h3-5,7H,1,6,8,13H2,2H3. The second kappa shape index (κ2) is 5.17. The third-order valence-electron chi connectivity index (χ3n) is 1.95. The number of benzene rings is 1. The van der Waals surface area contributed by atoms with Gasteiger partial charge in [0.15, 0.2) is 0 Å². The normalized spacial score (nSPS) is 10.5. The lowest BCUT2D eigenvalue weighted by atomic mass is 10.2. The zero-order valence-corrected chi connectivity index (χ0v) is 9.92. The second-order valence-electron chi connectivity index (χ2n) is 3.34. The first-order chi connectivity index (χ1) is 6.63. The fraction of sp³-hybridized carbons (Fsp3) is 0.273. The van der Waals surface area contributed by atoms with E-state index in [-0.39, 0.29) is 0 Å². The number of nitrogens with two attached hydrogens (primary N) is 1. The molecule has 14 heavy (non-hydrogen) atoms. The predicted octanol–water partition coefficient (Wildman–Crippen LogP) is 2.65. The van der Waals surface area contributed by atoms with E-state index in [2.05, 4.69) is 34.5 Å². The van der Waals surface area contributed by atoms with Crippen molar-refractivity contribution in [3.05, 3.63) is 40.9 Å². The Hall–Kier alpha value is -0.800. The molecule has 76 valence electrons. The van der Waals surface area contributed by atoms with Gasteiger partial charge in [0.05, 0.1) is 0 Å². The number of likely N-dealkylation sites (N-methyl/N-ethyl adjacent to an activating group) is 1. The second-order valence-corrected chi connectivity index (χ2v) is 4.19. The summed E-state index contributed by atoms with van der Waals surface area (Å²) in [7, 11) is 2.05. The summed E-state index contributed by atoms with van der Waals surface area (Å²) in [5.74, 6) is 0. The van der Waals surface area contributed by atoms with Crippen LogP contribution in [0.1, 0.15) is 5.56 Å². The van der Waals surface area contributed by atoms with Crippen molar-refractivity contribution in [3.63, 3.8) is 0 Å². The number of hydrogen-bond donors (Lipinski definition) is 1. The quantitative estimate of drug-likeness (QED) is 0.662. The van der Waals surface area contributed by atoms with Crippen molar-refractivity contribution in [1.29, 1.82) is 0 Å². The molecule has 1 rings (SSSR count). The summed E-state index contributed by atoms with van der Waals surface area (Å²) in [5.41, 5.74) is 7.72. The van der Waals surface area contributed by atoms with Gasteiger partial charge in [-0.05, 0) is 30.8 Å². The number of hydrogen-bond acceptors (Lipinski definition) is 2. The van der Waals surface area contributed by atoms with Gasteiger partial charge in [-0.25, -0.2) is 0 Å². The van der Waals surface area contributed by atoms with Crippen LogP contribution >= 0.6 is 15.9 Å². The smallest absolute Gasteiger partial charge is 0.0318 e. The molecular weight excluding hydrogens is 240 g/mol. The van der Waals surface area contributed by atoms with Crippen LogP contribution in [-0.4, -0.2) is 18.5 Å². The maximum Gasteiger partial charge on any atom is 0.0318 e. The van der Waals surface area contributed by atoms with Crippen molar-refractivity contribution >= 4 is 21.6 Å². The van der Waals surface area contributed by atoms with Gasteiger partial charge in [0, 0.05) is 23.2 Å². The Morgan fingerprint density at radius 3 is 2.93 bits per heavy atom. The SMILES string of the molecule is C=CCN(C)Cc1cc(N)ccc1Br. The number of rotatable bonds is 4. The van der Waals surface area contributed by atoms with Gasteiger partial charge >= 0.3 is 0 Å². The Kier molecular flexibility index (Phi) is 4.17. The molecule has 1 aromatic rings. The summed E-state index contributed by atoms with van der Waals surface area (Å²) < 4.78 is 1.10. The van der Waals surface area contributed by atoms with E-state index in [0.29, 0.717) is 0 Å². The van der Waals surface area contributed by atoms with Gasteiger partial charge in [0.1, 0.15) is 0 Å².